The van der Waals surface area contributed by atoms with Gasteiger partial charge in [-0.2, -0.15) is 13.5 Å². The Hall–Kier alpha value is -1.28. The first kappa shape index (κ1) is 13.2. The molecule has 0 aliphatic rings. The first-order chi connectivity index (χ1) is 8.36. The quantitative estimate of drug-likeness (QED) is 0.809. The molecule has 0 aliphatic heterocycles. The molecule has 0 unspecified atom stereocenters. The van der Waals surface area contributed by atoms with E-state index >= 15 is 0 Å². The third-order valence-corrected chi connectivity index (χ3v) is 3.64. The van der Waals surface area contributed by atoms with Crippen LogP contribution in [-0.2, 0) is 16.8 Å². The van der Waals surface area contributed by atoms with Crippen molar-refractivity contribution in [3.8, 4) is 0 Å². The summed E-state index contributed by atoms with van der Waals surface area (Å²) in [7, 11) is -4.75. The van der Waals surface area contributed by atoms with Crippen molar-refractivity contribution < 1.29 is 16.7 Å². The second kappa shape index (κ2) is 4.77. The van der Waals surface area contributed by atoms with E-state index in [1.54, 1.807) is 6.07 Å². The van der Waals surface area contributed by atoms with E-state index in [1.165, 1.54) is 16.8 Å². The molecule has 0 aliphatic carbocycles. The predicted octanol–water partition coefficient (Wildman–Crippen LogP) is 2.49. The van der Waals surface area contributed by atoms with Gasteiger partial charge in [0.25, 0.3) is 0 Å². The minimum absolute atomic E-state index is 0.152. The molecule has 0 fully saturated rings. The van der Waals surface area contributed by atoms with Gasteiger partial charge in [-0.05, 0) is 33.6 Å². The van der Waals surface area contributed by atoms with Crippen molar-refractivity contribution in [1.29, 1.82) is 0 Å². The summed E-state index contributed by atoms with van der Waals surface area (Å²) < 4.78 is 48.7. The Bertz CT molecular complexity index is 685. The molecular weight excluding hydrogens is 330 g/mol. The predicted molar refractivity (Wildman–Crippen MR) is 63.7 cm³/mol. The Balaban J connectivity index is 2.24. The molecule has 18 heavy (non-hydrogen) atoms. The monoisotopic (exact) mass is 336 g/mol. The van der Waals surface area contributed by atoms with Crippen LogP contribution in [0.4, 0.5) is 8.28 Å². The molecule has 0 radical (unpaired) electrons. The maximum absolute atomic E-state index is 13.2. The Labute approximate surface area is 111 Å². The third kappa shape index (κ3) is 2.94. The van der Waals surface area contributed by atoms with Gasteiger partial charge in [0.2, 0.25) is 0 Å². The SMILES string of the molecule is O=S(=O)(F)c1cnn(Cc2ccc(Br)c(F)c2)c1. The first-order valence-electron chi connectivity index (χ1n) is 4.77. The number of benzene rings is 1. The Morgan fingerprint density at radius 1 is 1.39 bits per heavy atom. The van der Waals surface area contributed by atoms with Crippen molar-refractivity contribution >= 4 is 26.2 Å². The van der Waals surface area contributed by atoms with E-state index in [0.717, 1.165) is 12.4 Å². The fraction of sp³-hybridized carbons (Fsp3) is 0.100. The number of nitrogens with zero attached hydrogens (tertiary/aromatic N) is 2. The molecule has 0 saturated carbocycles. The lowest BCUT2D eigenvalue weighted by molar-refractivity contribution is 0.551. The summed E-state index contributed by atoms with van der Waals surface area (Å²) in [5.41, 5.74) is 0.585. The molecule has 96 valence electrons. The smallest absolute Gasteiger partial charge is 0.267 e. The molecule has 0 spiro atoms. The van der Waals surface area contributed by atoms with Crippen LogP contribution in [0.25, 0.3) is 0 Å². The summed E-state index contributed by atoms with van der Waals surface area (Å²) in [5.74, 6) is -0.432. The maximum atomic E-state index is 13.2. The lowest BCUT2D eigenvalue weighted by Crippen LogP contribution is -2.00. The fourth-order valence-electron chi connectivity index (χ4n) is 1.38. The second-order valence-corrected chi connectivity index (χ2v) is 5.76. The van der Waals surface area contributed by atoms with Gasteiger partial charge in [0.05, 0.1) is 17.2 Å². The van der Waals surface area contributed by atoms with E-state index in [1.807, 2.05) is 0 Å². The summed E-state index contributed by atoms with van der Waals surface area (Å²) >= 11 is 3.02. The molecule has 1 aromatic heterocycles. The minimum atomic E-state index is -4.75. The van der Waals surface area contributed by atoms with Gasteiger partial charge in [0.1, 0.15) is 10.7 Å². The normalized spacial score (nSPS) is 11.7. The van der Waals surface area contributed by atoms with Crippen LogP contribution in [0.3, 0.4) is 0 Å². The van der Waals surface area contributed by atoms with Gasteiger partial charge in [-0.1, -0.05) is 6.07 Å². The highest BCUT2D eigenvalue weighted by atomic mass is 79.9. The van der Waals surface area contributed by atoms with Crippen LogP contribution in [-0.4, -0.2) is 18.2 Å². The maximum Gasteiger partial charge on any atom is 0.335 e. The van der Waals surface area contributed by atoms with Gasteiger partial charge in [0.15, 0.2) is 0 Å². The van der Waals surface area contributed by atoms with Crippen LogP contribution in [0.1, 0.15) is 5.56 Å². The molecule has 1 heterocycles. The van der Waals surface area contributed by atoms with E-state index in [4.69, 9.17) is 0 Å². The zero-order valence-electron chi connectivity index (χ0n) is 8.85. The zero-order chi connectivity index (χ0) is 13.3. The summed E-state index contributed by atoms with van der Waals surface area (Å²) in [6, 6.07) is 4.47. The van der Waals surface area contributed by atoms with Crippen LogP contribution in [0.15, 0.2) is 40.0 Å². The van der Waals surface area contributed by atoms with Crippen molar-refractivity contribution in [2.45, 2.75) is 11.4 Å². The summed E-state index contributed by atoms with van der Waals surface area (Å²) in [4.78, 5) is -0.514. The summed E-state index contributed by atoms with van der Waals surface area (Å²) in [5, 5.41) is 3.69. The topological polar surface area (TPSA) is 52.0 Å². The van der Waals surface area contributed by atoms with Crippen LogP contribution < -0.4 is 0 Å². The van der Waals surface area contributed by atoms with E-state index in [9.17, 15) is 16.7 Å². The Morgan fingerprint density at radius 2 is 2.11 bits per heavy atom. The molecule has 2 aromatic rings. The molecule has 0 bridgehead atoms. The van der Waals surface area contributed by atoms with Gasteiger partial charge in [-0.3, -0.25) is 4.68 Å². The molecule has 0 N–H and O–H groups in total. The van der Waals surface area contributed by atoms with Crippen molar-refractivity contribution in [3.05, 3.63) is 46.4 Å². The Kier molecular flexibility index (Phi) is 3.49. The zero-order valence-corrected chi connectivity index (χ0v) is 11.2. The number of aromatic nitrogens is 2. The highest BCUT2D eigenvalue weighted by Crippen LogP contribution is 2.17. The molecule has 0 saturated heterocycles. The van der Waals surface area contributed by atoms with Crippen molar-refractivity contribution in [2.75, 3.05) is 0 Å². The molecule has 2 rings (SSSR count). The Morgan fingerprint density at radius 3 is 2.67 bits per heavy atom. The molecule has 8 heteroatoms. The van der Waals surface area contributed by atoms with Crippen molar-refractivity contribution in [2.24, 2.45) is 0 Å². The van der Waals surface area contributed by atoms with Gasteiger partial charge < -0.3 is 0 Å². The highest BCUT2D eigenvalue weighted by Gasteiger charge is 2.14. The average molecular weight is 337 g/mol. The van der Waals surface area contributed by atoms with Crippen LogP contribution in [0, 0.1) is 5.82 Å². The highest BCUT2D eigenvalue weighted by molar-refractivity contribution is 9.10. The summed E-state index contributed by atoms with van der Waals surface area (Å²) in [6.45, 7) is 0.152. The number of halogens is 3. The van der Waals surface area contributed by atoms with Crippen LogP contribution >= 0.6 is 15.9 Å². The lowest BCUT2D eigenvalue weighted by Gasteiger charge is -2.02. The van der Waals surface area contributed by atoms with E-state index in [2.05, 4.69) is 21.0 Å². The summed E-state index contributed by atoms with van der Waals surface area (Å²) in [6.07, 6.45) is 1.96. The third-order valence-electron chi connectivity index (χ3n) is 2.22. The largest absolute Gasteiger partial charge is 0.335 e. The number of rotatable bonds is 3. The molecule has 0 atom stereocenters. The number of hydrogen-bond acceptors (Lipinski definition) is 3. The van der Waals surface area contributed by atoms with Gasteiger partial charge in [0, 0.05) is 6.20 Å². The van der Waals surface area contributed by atoms with Gasteiger partial charge in [-0.25, -0.2) is 4.39 Å². The van der Waals surface area contributed by atoms with Crippen molar-refractivity contribution in [3.63, 3.8) is 0 Å². The van der Waals surface area contributed by atoms with E-state index < -0.39 is 20.9 Å². The standard InChI is InChI=1S/C10H7BrF2N2O2S/c11-9-2-1-7(3-10(9)12)5-15-6-8(4-14-15)18(13,16)17/h1-4,6H,5H2. The van der Waals surface area contributed by atoms with E-state index in [-0.39, 0.29) is 6.54 Å². The van der Waals surface area contributed by atoms with Gasteiger partial charge in [-0.15, -0.1) is 3.89 Å². The molecular formula is C10H7BrF2N2O2S. The average Bonchev–Trinajstić information content (AvgIpc) is 2.72. The molecule has 0 amide bonds. The number of hydrogen-bond donors (Lipinski definition) is 0. The van der Waals surface area contributed by atoms with Crippen LogP contribution in [0.2, 0.25) is 0 Å². The fourth-order valence-corrected chi connectivity index (χ4v) is 2.05. The molecule has 1 aromatic carbocycles. The van der Waals surface area contributed by atoms with Crippen LogP contribution in [0.5, 0.6) is 0 Å². The minimum Gasteiger partial charge on any atom is -0.267 e. The van der Waals surface area contributed by atoms with Crippen molar-refractivity contribution in [1.82, 2.24) is 9.78 Å². The van der Waals surface area contributed by atoms with Gasteiger partial charge >= 0.3 is 10.2 Å². The molecule has 4 nitrogen and oxygen atoms in total. The lowest BCUT2D eigenvalue weighted by atomic mass is 10.2. The van der Waals surface area contributed by atoms with E-state index in [0.29, 0.717) is 10.0 Å². The second-order valence-electron chi connectivity index (χ2n) is 3.56. The first-order valence-corrected chi connectivity index (χ1v) is 6.95.